The van der Waals surface area contributed by atoms with Crippen molar-refractivity contribution in [3.8, 4) is 0 Å². The van der Waals surface area contributed by atoms with Crippen molar-refractivity contribution in [2.45, 2.75) is 43.1 Å². The molecule has 1 aliphatic carbocycles. The van der Waals surface area contributed by atoms with Crippen LogP contribution in [0.5, 0.6) is 0 Å². The van der Waals surface area contributed by atoms with E-state index in [4.69, 9.17) is 16.4 Å². The number of aryl methyl sites for hydroxylation is 1. The molecular weight excluding hydrogens is 416 g/mol. The molecule has 2 aromatic rings. The van der Waals surface area contributed by atoms with Gasteiger partial charge in [0.05, 0.1) is 9.92 Å². The summed E-state index contributed by atoms with van der Waals surface area (Å²) in [6.45, 7) is 0. The number of anilines is 1. The van der Waals surface area contributed by atoms with Gasteiger partial charge in [-0.3, -0.25) is 9.48 Å². The molecule has 156 valence electrons. The fraction of sp³-hybridized carbons (Fsp3) is 0.421. The van der Waals surface area contributed by atoms with Gasteiger partial charge in [-0.15, -0.1) is 0 Å². The monoisotopic (exact) mass is 438 g/mol. The van der Waals surface area contributed by atoms with Crippen LogP contribution in [0, 0.1) is 0 Å². The van der Waals surface area contributed by atoms with Gasteiger partial charge < -0.3 is 10.2 Å². The van der Waals surface area contributed by atoms with Gasteiger partial charge in [0.15, 0.2) is 21.4 Å². The van der Waals surface area contributed by atoms with Gasteiger partial charge >= 0.3 is 0 Å². The number of hydrogen-bond donors (Lipinski definition) is 1. The number of halogens is 1. The van der Waals surface area contributed by atoms with E-state index in [1.165, 1.54) is 24.6 Å². The number of sulfone groups is 1. The topological polar surface area (TPSA) is 103 Å². The van der Waals surface area contributed by atoms with Crippen LogP contribution in [-0.2, 0) is 26.5 Å². The Morgan fingerprint density at radius 3 is 2.59 bits per heavy atom. The van der Waals surface area contributed by atoms with Gasteiger partial charge in [-0.05, 0) is 37.8 Å². The second-order valence-corrected chi connectivity index (χ2v) is 9.44. The first kappa shape index (κ1) is 21.3. The number of amides is 1. The molecule has 0 radical (unpaired) electrons. The molecule has 1 aromatic heterocycles. The maximum absolute atomic E-state index is 12.9. The van der Waals surface area contributed by atoms with E-state index in [1.807, 2.05) is 0 Å². The molecule has 1 amide bonds. The van der Waals surface area contributed by atoms with Crippen LogP contribution in [0.4, 0.5) is 5.82 Å². The molecule has 1 aromatic carbocycles. The summed E-state index contributed by atoms with van der Waals surface area (Å²) >= 11 is 6.15. The SMILES string of the molecule is Cn1ccc(NC(=O)/C(=N\OC2CCCCC2)c2ccc(S(C)(=O)=O)c(Cl)c2)n1. The van der Waals surface area contributed by atoms with Gasteiger partial charge in [0.2, 0.25) is 0 Å². The molecule has 1 fully saturated rings. The molecule has 0 aliphatic heterocycles. The van der Waals surface area contributed by atoms with E-state index in [-0.39, 0.29) is 21.7 Å². The molecule has 0 atom stereocenters. The number of benzene rings is 1. The highest BCUT2D eigenvalue weighted by Gasteiger charge is 2.22. The molecule has 29 heavy (non-hydrogen) atoms. The first-order chi connectivity index (χ1) is 13.7. The van der Waals surface area contributed by atoms with Gasteiger partial charge in [-0.2, -0.15) is 5.10 Å². The molecule has 0 spiro atoms. The number of carbonyl (C=O) groups excluding carboxylic acids is 1. The Morgan fingerprint density at radius 2 is 2.00 bits per heavy atom. The van der Waals surface area contributed by atoms with Crippen LogP contribution >= 0.6 is 11.6 Å². The first-order valence-corrected chi connectivity index (χ1v) is 11.6. The number of nitrogens with zero attached hydrogens (tertiary/aromatic N) is 3. The van der Waals surface area contributed by atoms with Crippen LogP contribution in [0.15, 0.2) is 40.5 Å². The summed E-state index contributed by atoms with van der Waals surface area (Å²) < 4.78 is 25.2. The fourth-order valence-electron chi connectivity index (χ4n) is 3.13. The summed E-state index contributed by atoms with van der Waals surface area (Å²) in [5, 5.41) is 10.9. The van der Waals surface area contributed by atoms with Gasteiger partial charge in [0, 0.05) is 31.1 Å². The van der Waals surface area contributed by atoms with Gasteiger partial charge in [-0.25, -0.2) is 8.42 Å². The molecule has 3 rings (SSSR count). The number of nitrogens with one attached hydrogen (secondary N) is 1. The third-order valence-corrected chi connectivity index (χ3v) is 6.20. The van der Waals surface area contributed by atoms with Gasteiger partial charge in [-0.1, -0.05) is 29.2 Å². The van der Waals surface area contributed by atoms with Gasteiger partial charge in [0.25, 0.3) is 5.91 Å². The molecule has 1 aliphatic rings. The van der Waals surface area contributed by atoms with Crippen molar-refractivity contribution in [3.63, 3.8) is 0 Å². The van der Waals surface area contributed by atoms with Crippen molar-refractivity contribution in [3.05, 3.63) is 41.0 Å². The predicted octanol–water partition coefficient (Wildman–Crippen LogP) is 3.17. The summed E-state index contributed by atoms with van der Waals surface area (Å²) in [4.78, 5) is 18.5. The highest BCUT2D eigenvalue weighted by molar-refractivity contribution is 7.90. The summed E-state index contributed by atoms with van der Waals surface area (Å²) in [5.74, 6) is -0.163. The molecule has 1 N–H and O–H groups in total. The average molecular weight is 439 g/mol. The van der Waals surface area contributed by atoms with Crippen molar-refractivity contribution in [1.82, 2.24) is 9.78 Å². The summed E-state index contributed by atoms with van der Waals surface area (Å²) in [6, 6.07) is 5.90. The summed E-state index contributed by atoms with van der Waals surface area (Å²) in [6.07, 6.45) is 7.77. The lowest BCUT2D eigenvalue weighted by Crippen LogP contribution is -2.26. The Kier molecular flexibility index (Phi) is 6.59. The van der Waals surface area contributed by atoms with Crippen molar-refractivity contribution in [2.24, 2.45) is 12.2 Å². The zero-order chi connectivity index (χ0) is 21.0. The third kappa shape index (κ3) is 5.57. The molecule has 0 bridgehead atoms. The smallest absolute Gasteiger partial charge is 0.279 e. The maximum atomic E-state index is 12.9. The van der Waals surface area contributed by atoms with E-state index < -0.39 is 15.7 Å². The molecule has 10 heteroatoms. The van der Waals surface area contributed by atoms with E-state index in [1.54, 1.807) is 24.0 Å². The average Bonchev–Trinajstić information content (AvgIpc) is 3.06. The Hall–Kier alpha value is -2.39. The summed E-state index contributed by atoms with van der Waals surface area (Å²) in [7, 11) is -1.75. The lowest BCUT2D eigenvalue weighted by atomic mass is 9.98. The van der Waals surface area contributed by atoms with Crippen LogP contribution in [0.1, 0.15) is 37.7 Å². The predicted molar refractivity (Wildman–Crippen MR) is 111 cm³/mol. The Morgan fingerprint density at radius 1 is 1.28 bits per heavy atom. The molecule has 1 heterocycles. The zero-order valence-electron chi connectivity index (χ0n) is 16.3. The van der Waals surface area contributed by atoms with Crippen LogP contribution in [0.3, 0.4) is 0 Å². The molecule has 0 unspecified atom stereocenters. The normalized spacial score (nSPS) is 15.9. The second-order valence-electron chi connectivity index (χ2n) is 7.05. The van der Waals surface area contributed by atoms with Crippen molar-refractivity contribution in [2.75, 3.05) is 11.6 Å². The molecule has 0 saturated heterocycles. The van der Waals surface area contributed by atoms with E-state index >= 15 is 0 Å². The van der Waals surface area contributed by atoms with E-state index in [9.17, 15) is 13.2 Å². The minimum absolute atomic E-state index is 0.00294. The maximum Gasteiger partial charge on any atom is 0.279 e. The minimum atomic E-state index is -3.49. The van der Waals surface area contributed by atoms with Crippen molar-refractivity contribution < 1.29 is 18.0 Å². The number of oxime groups is 1. The van der Waals surface area contributed by atoms with Crippen LogP contribution in [-0.4, -0.2) is 42.2 Å². The Labute approximate surface area is 174 Å². The number of rotatable bonds is 6. The zero-order valence-corrected chi connectivity index (χ0v) is 17.8. The first-order valence-electron chi connectivity index (χ1n) is 9.29. The van der Waals surface area contributed by atoms with Crippen LogP contribution in [0.2, 0.25) is 5.02 Å². The van der Waals surface area contributed by atoms with Gasteiger partial charge in [0.1, 0.15) is 6.10 Å². The van der Waals surface area contributed by atoms with Crippen molar-refractivity contribution >= 4 is 38.9 Å². The highest BCUT2D eigenvalue weighted by atomic mass is 35.5. The number of aromatic nitrogens is 2. The lowest BCUT2D eigenvalue weighted by Gasteiger charge is -2.20. The Bertz CT molecular complexity index is 1030. The standard InChI is InChI=1S/C19H23ClN4O4S/c1-24-11-10-17(22-24)21-19(25)18(23-28-14-6-4-3-5-7-14)13-8-9-16(15(20)12-13)29(2,26)27/h8-12,14H,3-7H2,1-2H3,(H,21,22,25)/b23-18-. The molecular formula is C19H23ClN4O4S. The van der Waals surface area contributed by atoms with Crippen LogP contribution in [0.25, 0.3) is 0 Å². The van der Waals surface area contributed by atoms with E-state index in [0.29, 0.717) is 11.4 Å². The fourth-order valence-corrected chi connectivity index (χ4v) is 4.46. The quantitative estimate of drug-likeness (QED) is 0.551. The second kappa shape index (κ2) is 8.96. The molecule has 8 nitrogen and oxygen atoms in total. The van der Waals surface area contributed by atoms with Crippen LogP contribution < -0.4 is 5.32 Å². The largest absolute Gasteiger partial charge is 0.392 e. The number of carbonyl (C=O) groups is 1. The summed E-state index contributed by atoms with van der Waals surface area (Å²) in [5.41, 5.74) is 0.356. The van der Waals surface area contributed by atoms with Crippen molar-refractivity contribution in [1.29, 1.82) is 0 Å². The minimum Gasteiger partial charge on any atom is -0.392 e. The molecule has 1 saturated carbocycles. The van der Waals surface area contributed by atoms with E-state index in [2.05, 4.69) is 15.6 Å². The highest BCUT2D eigenvalue weighted by Crippen LogP contribution is 2.24. The van der Waals surface area contributed by atoms with E-state index in [0.717, 1.165) is 31.9 Å². The lowest BCUT2D eigenvalue weighted by molar-refractivity contribution is -0.110. The Balaban J connectivity index is 1.91. The third-order valence-electron chi connectivity index (χ3n) is 4.62. The number of hydrogen-bond acceptors (Lipinski definition) is 6.